The Kier molecular flexibility index (Phi) is 4.84. The number of benzene rings is 2. The molecule has 1 atom stereocenters. The maximum Gasteiger partial charge on any atom is 0.408 e. The number of rotatable bonds is 5. The first-order valence-electron chi connectivity index (χ1n) is 10.4. The van der Waals surface area contributed by atoms with Crippen LogP contribution in [-0.2, 0) is 23.7 Å². The molecule has 4 aliphatic rings. The van der Waals surface area contributed by atoms with Crippen molar-refractivity contribution >= 4 is 11.9 Å². The van der Waals surface area contributed by atoms with Gasteiger partial charge in [0.15, 0.2) is 11.8 Å². The summed E-state index contributed by atoms with van der Waals surface area (Å²) in [5.74, 6) is -2.00. The van der Waals surface area contributed by atoms with Crippen LogP contribution in [0.4, 0.5) is 4.79 Å². The molecule has 3 saturated heterocycles. The predicted molar refractivity (Wildman–Crippen MR) is 111 cm³/mol. The van der Waals surface area contributed by atoms with Gasteiger partial charge >= 0.3 is 12.1 Å². The summed E-state index contributed by atoms with van der Waals surface area (Å²) in [7, 11) is 0. The lowest BCUT2D eigenvalue weighted by Gasteiger charge is -2.52. The van der Waals surface area contributed by atoms with Crippen LogP contribution in [0.5, 0.6) is 0 Å². The summed E-state index contributed by atoms with van der Waals surface area (Å²) in [6, 6.07) is 15.1. The highest BCUT2D eigenvalue weighted by Gasteiger charge is 2.57. The van der Waals surface area contributed by atoms with E-state index < -0.39 is 18.1 Å². The van der Waals surface area contributed by atoms with Crippen LogP contribution in [0.15, 0.2) is 48.5 Å². The van der Waals surface area contributed by atoms with Crippen LogP contribution in [0.1, 0.15) is 30.9 Å². The summed E-state index contributed by atoms with van der Waals surface area (Å²) < 4.78 is 22.7. The molecule has 7 heteroatoms. The number of hydrogen-bond acceptors (Lipinski definition) is 6. The van der Waals surface area contributed by atoms with Gasteiger partial charge in [0, 0.05) is 11.3 Å². The highest BCUT2D eigenvalue weighted by atomic mass is 16.9. The molecular weight excluding hydrogens is 398 g/mol. The van der Waals surface area contributed by atoms with Crippen LogP contribution in [-0.4, -0.2) is 50.3 Å². The van der Waals surface area contributed by atoms with Gasteiger partial charge in [0.2, 0.25) is 0 Å². The van der Waals surface area contributed by atoms with Crippen molar-refractivity contribution in [1.82, 2.24) is 5.32 Å². The first-order valence-corrected chi connectivity index (χ1v) is 10.4. The number of carbonyl (C=O) groups excluding carboxylic acids is 2. The van der Waals surface area contributed by atoms with Crippen LogP contribution < -0.4 is 5.32 Å². The minimum atomic E-state index is -1.60. The molecule has 1 aliphatic carbocycles. The maximum absolute atomic E-state index is 12.7. The molecule has 0 unspecified atom stereocenters. The average Bonchev–Trinajstić information content (AvgIpc) is 3.10. The summed E-state index contributed by atoms with van der Waals surface area (Å²) >= 11 is 0. The van der Waals surface area contributed by atoms with Gasteiger partial charge in [-0.25, -0.2) is 4.79 Å². The van der Waals surface area contributed by atoms with E-state index in [1.165, 1.54) is 6.92 Å². The van der Waals surface area contributed by atoms with Gasteiger partial charge in [-0.2, -0.15) is 0 Å². The highest BCUT2D eigenvalue weighted by Crippen LogP contribution is 2.44. The van der Waals surface area contributed by atoms with Crippen molar-refractivity contribution in [3.8, 4) is 11.1 Å². The van der Waals surface area contributed by atoms with Crippen molar-refractivity contribution in [2.45, 2.75) is 31.8 Å². The number of ketones is 1. The molecule has 0 radical (unpaired) electrons. The first-order chi connectivity index (χ1) is 14.9. The predicted octanol–water partition coefficient (Wildman–Crippen LogP) is 3.22. The summed E-state index contributed by atoms with van der Waals surface area (Å²) in [6.07, 6.45) is -0.717. The zero-order valence-corrected chi connectivity index (χ0v) is 17.6. The highest BCUT2D eigenvalue weighted by molar-refractivity contribution is 5.86. The average molecular weight is 423 g/mol. The van der Waals surface area contributed by atoms with Crippen molar-refractivity contribution < 1.29 is 28.5 Å². The lowest BCUT2D eigenvalue weighted by Crippen LogP contribution is -2.69. The van der Waals surface area contributed by atoms with Crippen molar-refractivity contribution in [2.24, 2.45) is 5.41 Å². The van der Waals surface area contributed by atoms with Crippen LogP contribution in [0.3, 0.4) is 0 Å². The van der Waals surface area contributed by atoms with E-state index in [4.69, 9.17) is 18.9 Å². The SMILES string of the molecule is CC(=O)[C@H](NC(=O)OCC1c2ccccc2-c2ccccc21)C12OCC(C)(CO1)CO2. The van der Waals surface area contributed by atoms with Crippen LogP contribution >= 0.6 is 0 Å². The lowest BCUT2D eigenvalue weighted by molar-refractivity contribution is -0.469. The van der Waals surface area contributed by atoms with E-state index in [-0.39, 0.29) is 23.7 Å². The third-order valence-electron chi connectivity index (χ3n) is 6.23. The van der Waals surface area contributed by atoms with Gasteiger partial charge in [0.1, 0.15) is 6.61 Å². The normalized spacial score (nSPS) is 27.3. The van der Waals surface area contributed by atoms with Gasteiger partial charge in [-0.15, -0.1) is 0 Å². The van der Waals surface area contributed by atoms with Gasteiger partial charge in [0.25, 0.3) is 0 Å². The van der Waals surface area contributed by atoms with Gasteiger partial charge in [-0.1, -0.05) is 55.5 Å². The summed E-state index contributed by atoms with van der Waals surface area (Å²) in [6.45, 7) is 4.67. The Morgan fingerprint density at radius 3 is 2.03 bits per heavy atom. The molecule has 31 heavy (non-hydrogen) atoms. The molecule has 7 nitrogen and oxygen atoms in total. The molecule has 3 fully saturated rings. The molecule has 0 spiro atoms. The summed E-state index contributed by atoms with van der Waals surface area (Å²) in [5.41, 5.74) is 4.29. The second-order valence-electron chi connectivity index (χ2n) is 8.79. The number of nitrogens with one attached hydrogen (secondary N) is 1. The Labute approximate surface area is 180 Å². The molecule has 162 valence electrons. The van der Waals surface area contributed by atoms with Gasteiger partial charge in [-0.3, -0.25) is 4.79 Å². The Morgan fingerprint density at radius 1 is 1.00 bits per heavy atom. The van der Waals surface area contributed by atoms with E-state index >= 15 is 0 Å². The van der Waals surface area contributed by atoms with E-state index in [9.17, 15) is 9.59 Å². The Morgan fingerprint density at radius 2 is 1.52 bits per heavy atom. The second-order valence-corrected chi connectivity index (χ2v) is 8.79. The molecule has 6 rings (SSSR count). The monoisotopic (exact) mass is 423 g/mol. The molecular formula is C24H25NO6. The first kappa shape index (κ1) is 20.2. The Bertz CT molecular complexity index is 964. The van der Waals surface area contributed by atoms with E-state index in [1.54, 1.807) is 0 Å². The van der Waals surface area contributed by atoms with Crippen LogP contribution in [0, 0.1) is 5.41 Å². The van der Waals surface area contributed by atoms with E-state index in [0.29, 0.717) is 19.8 Å². The number of amides is 1. The van der Waals surface area contributed by atoms with Gasteiger partial charge < -0.3 is 24.3 Å². The number of hydrogen-bond donors (Lipinski definition) is 1. The smallest absolute Gasteiger partial charge is 0.408 e. The molecule has 1 amide bonds. The second kappa shape index (κ2) is 7.44. The number of fused-ring (bicyclic) bond motifs is 6. The third-order valence-corrected chi connectivity index (χ3v) is 6.23. The fourth-order valence-corrected chi connectivity index (χ4v) is 4.52. The van der Waals surface area contributed by atoms with Gasteiger partial charge in [0.05, 0.1) is 19.8 Å². The minimum Gasteiger partial charge on any atom is -0.449 e. The van der Waals surface area contributed by atoms with Crippen LogP contribution in [0.25, 0.3) is 11.1 Å². The standard InChI is InChI=1S/C24H25NO6/c1-15(26)21(24-29-12-23(2,13-30-24)14-31-24)25-22(27)28-11-20-18-9-5-3-7-16(18)17-8-4-6-10-19(17)20/h3-10,20-21H,11-14H2,1-2H3,(H,25,27)/t21-,23?,24?/m0/s1. The molecule has 3 heterocycles. The van der Waals surface area contributed by atoms with E-state index in [2.05, 4.69) is 29.6 Å². The Balaban J connectivity index is 1.29. The molecule has 1 N–H and O–H groups in total. The molecule has 2 aromatic carbocycles. The maximum atomic E-state index is 12.7. The number of ether oxygens (including phenoxy) is 4. The van der Waals surface area contributed by atoms with E-state index in [0.717, 1.165) is 22.3 Å². The molecule has 2 bridgehead atoms. The molecule has 0 saturated carbocycles. The zero-order valence-electron chi connectivity index (χ0n) is 17.6. The Hall–Kier alpha value is -2.74. The third kappa shape index (κ3) is 3.43. The number of Topliss-reactive ketones (excluding diaryl/α,β-unsaturated/α-hetero) is 1. The fraction of sp³-hybridized carbons (Fsp3) is 0.417. The van der Waals surface area contributed by atoms with Crippen molar-refractivity contribution in [3.05, 3.63) is 59.7 Å². The van der Waals surface area contributed by atoms with E-state index in [1.807, 2.05) is 31.2 Å². The molecule has 2 aromatic rings. The number of carbonyl (C=O) groups is 2. The fourth-order valence-electron chi connectivity index (χ4n) is 4.52. The van der Waals surface area contributed by atoms with Gasteiger partial charge in [-0.05, 0) is 29.2 Å². The zero-order chi connectivity index (χ0) is 21.6. The minimum absolute atomic E-state index is 0.0686. The lowest BCUT2D eigenvalue weighted by atomic mass is 9.91. The summed E-state index contributed by atoms with van der Waals surface area (Å²) in [4.78, 5) is 25.0. The molecule has 0 aromatic heterocycles. The topological polar surface area (TPSA) is 83.1 Å². The van der Waals surface area contributed by atoms with Crippen LogP contribution in [0.2, 0.25) is 0 Å². The number of alkyl carbamates (subject to hydrolysis) is 1. The van der Waals surface area contributed by atoms with Crippen molar-refractivity contribution in [3.63, 3.8) is 0 Å². The van der Waals surface area contributed by atoms with Crippen molar-refractivity contribution in [2.75, 3.05) is 26.4 Å². The molecule has 3 aliphatic heterocycles. The quantitative estimate of drug-likeness (QED) is 0.795. The van der Waals surface area contributed by atoms with Crippen molar-refractivity contribution in [1.29, 1.82) is 0 Å². The summed E-state index contributed by atoms with van der Waals surface area (Å²) in [5, 5.41) is 2.60. The largest absolute Gasteiger partial charge is 0.449 e.